The summed E-state index contributed by atoms with van der Waals surface area (Å²) in [7, 11) is 1.39. The lowest BCUT2D eigenvalue weighted by Crippen LogP contribution is -2.04. The van der Waals surface area contributed by atoms with Crippen LogP contribution in [0.1, 0.15) is 29.5 Å². The van der Waals surface area contributed by atoms with Crippen molar-refractivity contribution < 1.29 is 14.3 Å². The molecule has 2 aromatic carbocycles. The van der Waals surface area contributed by atoms with E-state index in [4.69, 9.17) is 10.5 Å². The second kappa shape index (κ2) is 9.64. The molecule has 164 valence electrons. The van der Waals surface area contributed by atoms with Crippen LogP contribution in [0.3, 0.4) is 0 Å². The van der Waals surface area contributed by atoms with E-state index in [0.717, 1.165) is 51.5 Å². The van der Waals surface area contributed by atoms with Gasteiger partial charge in [0.15, 0.2) is 5.82 Å². The lowest BCUT2D eigenvalue weighted by molar-refractivity contribution is -0.140. The molecule has 0 saturated carbocycles. The van der Waals surface area contributed by atoms with Crippen molar-refractivity contribution in [1.29, 1.82) is 0 Å². The van der Waals surface area contributed by atoms with Gasteiger partial charge in [-0.2, -0.15) is 0 Å². The standard InChI is InChI=1S/C26H27N3O3/c1-17-5-12-21-22-15-19(16-28-25(22)26(27)29-23(21)14-17)7-6-18-8-10-20(11-9-18)32-13-3-4-24(30)31-2/h5,8-12,14-16H,3-4,6-7,13H2,1-2H3,(H2,27,29). The van der Waals surface area contributed by atoms with Crippen molar-refractivity contribution in [1.82, 2.24) is 9.97 Å². The Kier molecular flexibility index (Phi) is 6.50. The maximum atomic E-state index is 11.1. The van der Waals surface area contributed by atoms with Crippen molar-refractivity contribution in [3.63, 3.8) is 0 Å². The Morgan fingerprint density at radius 1 is 1.00 bits per heavy atom. The summed E-state index contributed by atoms with van der Waals surface area (Å²) in [6, 6.07) is 16.5. The summed E-state index contributed by atoms with van der Waals surface area (Å²) in [6.45, 7) is 2.54. The van der Waals surface area contributed by atoms with Crippen LogP contribution in [0.25, 0.3) is 21.8 Å². The summed E-state index contributed by atoms with van der Waals surface area (Å²) in [5.74, 6) is 1.05. The number of esters is 1. The number of hydrogen-bond donors (Lipinski definition) is 1. The number of hydrogen-bond acceptors (Lipinski definition) is 6. The van der Waals surface area contributed by atoms with Crippen molar-refractivity contribution in [3.05, 3.63) is 71.4 Å². The van der Waals surface area contributed by atoms with Crippen LogP contribution in [0.5, 0.6) is 5.75 Å². The van der Waals surface area contributed by atoms with Gasteiger partial charge in [0.25, 0.3) is 0 Å². The molecule has 0 atom stereocenters. The maximum Gasteiger partial charge on any atom is 0.305 e. The molecule has 0 bridgehead atoms. The van der Waals surface area contributed by atoms with Gasteiger partial charge in [-0.3, -0.25) is 9.78 Å². The van der Waals surface area contributed by atoms with Crippen molar-refractivity contribution in [2.75, 3.05) is 19.5 Å². The first-order valence-corrected chi connectivity index (χ1v) is 10.8. The summed E-state index contributed by atoms with van der Waals surface area (Å²) in [4.78, 5) is 20.2. The molecule has 4 rings (SSSR count). The van der Waals surface area contributed by atoms with Gasteiger partial charge < -0.3 is 15.2 Å². The van der Waals surface area contributed by atoms with Gasteiger partial charge in [-0.1, -0.05) is 24.3 Å². The fourth-order valence-electron chi connectivity index (χ4n) is 3.75. The van der Waals surface area contributed by atoms with Crippen molar-refractivity contribution in [2.45, 2.75) is 32.6 Å². The maximum absolute atomic E-state index is 11.1. The molecule has 32 heavy (non-hydrogen) atoms. The molecule has 0 aliphatic carbocycles. The number of fused-ring (bicyclic) bond motifs is 3. The number of benzene rings is 2. The lowest BCUT2D eigenvalue weighted by Gasteiger charge is -2.09. The molecule has 0 spiro atoms. The van der Waals surface area contributed by atoms with Gasteiger partial charge in [0.2, 0.25) is 0 Å². The van der Waals surface area contributed by atoms with Gasteiger partial charge in [0, 0.05) is 23.4 Å². The van der Waals surface area contributed by atoms with Crippen LogP contribution in [0.15, 0.2) is 54.7 Å². The number of nitrogen functional groups attached to an aromatic ring is 1. The summed E-state index contributed by atoms with van der Waals surface area (Å²) in [5, 5.41) is 2.11. The van der Waals surface area contributed by atoms with Crippen LogP contribution < -0.4 is 10.5 Å². The largest absolute Gasteiger partial charge is 0.494 e. The first kappa shape index (κ1) is 21.6. The van der Waals surface area contributed by atoms with Crippen LogP contribution in [0.4, 0.5) is 5.82 Å². The smallest absolute Gasteiger partial charge is 0.305 e. The molecule has 0 aliphatic heterocycles. The fourth-order valence-corrected chi connectivity index (χ4v) is 3.75. The number of anilines is 1. The van der Waals surface area contributed by atoms with E-state index in [0.29, 0.717) is 25.3 Å². The number of aryl methyl sites for hydroxylation is 3. The van der Waals surface area contributed by atoms with E-state index in [1.54, 1.807) is 0 Å². The highest BCUT2D eigenvalue weighted by Crippen LogP contribution is 2.28. The normalized spacial score (nSPS) is 11.1. The number of carbonyl (C=O) groups is 1. The molecule has 4 aromatic rings. The zero-order chi connectivity index (χ0) is 22.5. The highest BCUT2D eigenvalue weighted by molar-refractivity contribution is 6.08. The summed E-state index contributed by atoms with van der Waals surface area (Å²) < 4.78 is 10.3. The predicted molar refractivity (Wildman–Crippen MR) is 127 cm³/mol. The van der Waals surface area contributed by atoms with E-state index in [-0.39, 0.29) is 5.97 Å². The van der Waals surface area contributed by atoms with Gasteiger partial charge in [-0.25, -0.2) is 4.98 Å². The van der Waals surface area contributed by atoms with E-state index in [9.17, 15) is 4.79 Å². The second-order valence-electron chi connectivity index (χ2n) is 7.93. The number of carbonyl (C=O) groups excluding carboxylic acids is 1. The molecule has 6 heteroatoms. The quantitative estimate of drug-likeness (QED) is 0.246. The average Bonchev–Trinajstić information content (AvgIpc) is 2.80. The van der Waals surface area contributed by atoms with Crippen LogP contribution in [-0.4, -0.2) is 29.7 Å². The molecule has 0 unspecified atom stereocenters. The van der Waals surface area contributed by atoms with Crippen LogP contribution in [0, 0.1) is 6.92 Å². The molecule has 0 radical (unpaired) electrons. The SMILES string of the molecule is COC(=O)CCCOc1ccc(CCc2cnc3c(N)nc4cc(C)ccc4c3c2)cc1. The highest BCUT2D eigenvalue weighted by atomic mass is 16.5. The average molecular weight is 430 g/mol. The second-order valence-corrected chi connectivity index (χ2v) is 7.93. The molecule has 2 heterocycles. The molecule has 0 amide bonds. The minimum absolute atomic E-state index is 0.214. The van der Waals surface area contributed by atoms with Gasteiger partial charge in [-0.15, -0.1) is 0 Å². The minimum Gasteiger partial charge on any atom is -0.494 e. The van der Waals surface area contributed by atoms with E-state index < -0.39 is 0 Å². The Morgan fingerprint density at radius 2 is 1.78 bits per heavy atom. The number of methoxy groups -OCH3 is 1. The molecule has 0 fully saturated rings. The Bertz CT molecular complexity index is 1250. The van der Waals surface area contributed by atoms with Gasteiger partial charge in [0.1, 0.15) is 11.3 Å². The zero-order valence-electron chi connectivity index (χ0n) is 18.4. The van der Waals surface area contributed by atoms with E-state index >= 15 is 0 Å². The summed E-state index contributed by atoms with van der Waals surface area (Å²) in [5.41, 5.74) is 11.3. The van der Waals surface area contributed by atoms with Gasteiger partial charge in [-0.05, 0) is 67.1 Å². The lowest BCUT2D eigenvalue weighted by atomic mass is 10.0. The molecular weight excluding hydrogens is 402 g/mol. The number of pyridine rings is 2. The van der Waals surface area contributed by atoms with Crippen molar-refractivity contribution >= 4 is 33.6 Å². The minimum atomic E-state index is -0.214. The molecule has 0 aliphatic rings. The van der Waals surface area contributed by atoms with Crippen LogP contribution in [-0.2, 0) is 22.4 Å². The van der Waals surface area contributed by atoms with Gasteiger partial charge in [0.05, 0.1) is 19.2 Å². The number of nitrogens with two attached hydrogens (primary N) is 1. The summed E-state index contributed by atoms with van der Waals surface area (Å²) in [6.07, 6.45) is 4.66. The summed E-state index contributed by atoms with van der Waals surface area (Å²) >= 11 is 0. The third-order valence-corrected chi connectivity index (χ3v) is 5.52. The highest BCUT2D eigenvalue weighted by Gasteiger charge is 2.09. The Hall–Kier alpha value is -3.67. The fraction of sp³-hybridized carbons (Fsp3) is 0.269. The first-order chi connectivity index (χ1) is 15.5. The molecule has 0 saturated heterocycles. The van der Waals surface area contributed by atoms with E-state index in [2.05, 4.69) is 58.0 Å². The van der Waals surface area contributed by atoms with E-state index in [1.165, 1.54) is 12.7 Å². The molecule has 2 N–H and O–H groups in total. The van der Waals surface area contributed by atoms with E-state index in [1.807, 2.05) is 18.3 Å². The van der Waals surface area contributed by atoms with Crippen LogP contribution >= 0.6 is 0 Å². The predicted octanol–water partition coefficient (Wildman–Crippen LogP) is 4.79. The Balaban J connectivity index is 1.42. The third kappa shape index (κ3) is 4.97. The number of ether oxygens (including phenoxy) is 2. The zero-order valence-corrected chi connectivity index (χ0v) is 18.4. The number of nitrogens with zero attached hydrogens (tertiary/aromatic N) is 2. The number of aromatic nitrogens is 2. The van der Waals surface area contributed by atoms with Crippen LogP contribution in [0.2, 0.25) is 0 Å². The Morgan fingerprint density at radius 3 is 2.56 bits per heavy atom. The monoisotopic (exact) mass is 429 g/mol. The first-order valence-electron chi connectivity index (χ1n) is 10.8. The Labute approximate surface area is 187 Å². The van der Waals surface area contributed by atoms with Gasteiger partial charge >= 0.3 is 5.97 Å². The van der Waals surface area contributed by atoms with Crippen molar-refractivity contribution in [2.24, 2.45) is 0 Å². The topological polar surface area (TPSA) is 87.3 Å². The molecular formula is C26H27N3O3. The number of rotatable bonds is 8. The molecule has 2 aromatic heterocycles. The molecule has 6 nitrogen and oxygen atoms in total. The van der Waals surface area contributed by atoms with Crippen molar-refractivity contribution in [3.8, 4) is 5.75 Å². The third-order valence-electron chi connectivity index (χ3n) is 5.52.